The van der Waals surface area contributed by atoms with E-state index < -0.39 is 14.9 Å². The largest absolute Gasteiger partial charge is 0.306 e. The maximum Gasteiger partial charge on any atom is 0.269 e. The number of nitro benzene ring substituents is 1. The Morgan fingerprint density at radius 3 is 2.71 bits per heavy atom. The Balaban J connectivity index is 2.15. The summed E-state index contributed by atoms with van der Waals surface area (Å²) in [6.45, 7) is 1.54. The maximum atomic E-state index is 12.1. The van der Waals surface area contributed by atoms with Gasteiger partial charge in [0.2, 0.25) is 10.0 Å². The van der Waals surface area contributed by atoms with Crippen molar-refractivity contribution in [2.75, 3.05) is 30.7 Å². The van der Waals surface area contributed by atoms with Crippen molar-refractivity contribution >= 4 is 21.4 Å². The fourth-order valence-electron chi connectivity index (χ4n) is 3.45. The van der Waals surface area contributed by atoms with Gasteiger partial charge in [-0.05, 0) is 31.6 Å². The van der Waals surface area contributed by atoms with Gasteiger partial charge in [-0.15, -0.1) is 0 Å². The minimum Gasteiger partial charge on any atom is -0.306 e. The molecule has 2 aliphatic rings. The standard InChI is InChI=1S/C13H17N3O4S/c1-14-6-5-13-11(8-14)10-7-9(16(17)18)3-4-12(10)15(13)21(2,19)20/h3-4,7,11,13H,5-6,8H2,1-2H3. The molecule has 3 rings (SSSR count). The number of fused-ring (bicyclic) bond motifs is 3. The van der Waals surface area contributed by atoms with Crippen molar-refractivity contribution in [1.82, 2.24) is 4.90 Å². The van der Waals surface area contributed by atoms with E-state index in [9.17, 15) is 18.5 Å². The third-order valence-electron chi connectivity index (χ3n) is 4.30. The first-order chi connectivity index (χ1) is 9.79. The molecule has 2 atom stereocenters. The van der Waals surface area contributed by atoms with Crippen molar-refractivity contribution in [3.8, 4) is 0 Å². The zero-order valence-electron chi connectivity index (χ0n) is 11.9. The lowest BCUT2D eigenvalue weighted by Crippen LogP contribution is -2.46. The quantitative estimate of drug-likeness (QED) is 0.604. The molecule has 0 spiro atoms. The molecule has 8 heteroatoms. The van der Waals surface area contributed by atoms with Crippen LogP contribution in [0.5, 0.6) is 0 Å². The Morgan fingerprint density at radius 2 is 2.10 bits per heavy atom. The van der Waals surface area contributed by atoms with E-state index in [0.717, 1.165) is 18.5 Å². The van der Waals surface area contributed by atoms with Crippen LogP contribution < -0.4 is 4.31 Å². The highest BCUT2D eigenvalue weighted by Crippen LogP contribution is 2.46. The Kier molecular flexibility index (Phi) is 3.18. The smallest absolute Gasteiger partial charge is 0.269 e. The summed E-state index contributed by atoms with van der Waals surface area (Å²) in [6.07, 6.45) is 1.93. The molecule has 1 fully saturated rings. The van der Waals surface area contributed by atoms with Crippen LogP contribution in [0.2, 0.25) is 0 Å². The minimum absolute atomic E-state index is 0.00613. The molecule has 0 saturated carbocycles. The zero-order chi connectivity index (χ0) is 15.4. The fraction of sp³-hybridized carbons (Fsp3) is 0.538. The SMILES string of the molecule is CN1CCC2C(C1)c1cc([N+](=O)[O-])ccc1N2S(C)(=O)=O. The van der Waals surface area contributed by atoms with Gasteiger partial charge in [-0.2, -0.15) is 0 Å². The summed E-state index contributed by atoms with van der Waals surface area (Å²) in [5, 5.41) is 11.0. The molecule has 1 aromatic rings. The van der Waals surface area contributed by atoms with Gasteiger partial charge in [0, 0.05) is 24.6 Å². The van der Waals surface area contributed by atoms with Crippen LogP contribution in [0.3, 0.4) is 0 Å². The number of hydrogen-bond donors (Lipinski definition) is 0. The zero-order valence-corrected chi connectivity index (χ0v) is 12.7. The highest BCUT2D eigenvalue weighted by molar-refractivity contribution is 7.92. The average molecular weight is 311 g/mol. The first-order valence-corrected chi connectivity index (χ1v) is 8.60. The van der Waals surface area contributed by atoms with Gasteiger partial charge in [0.1, 0.15) is 0 Å². The Hall–Kier alpha value is -1.67. The molecule has 1 aromatic carbocycles. The fourth-order valence-corrected chi connectivity index (χ4v) is 4.71. The maximum absolute atomic E-state index is 12.1. The van der Waals surface area contributed by atoms with E-state index in [0.29, 0.717) is 12.2 Å². The Labute approximate surface area is 123 Å². The number of anilines is 1. The van der Waals surface area contributed by atoms with E-state index in [4.69, 9.17) is 0 Å². The van der Waals surface area contributed by atoms with E-state index in [1.54, 1.807) is 6.07 Å². The molecule has 2 heterocycles. The van der Waals surface area contributed by atoms with E-state index in [2.05, 4.69) is 4.90 Å². The number of nitrogens with zero attached hydrogens (tertiary/aromatic N) is 3. The van der Waals surface area contributed by atoms with Gasteiger partial charge in [-0.3, -0.25) is 14.4 Å². The van der Waals surface area contributed by atoms with Gasteiger partial charge in [-0.25, -0.2) is 8.42 Å². The van der Waals surface area contributed by atoms with Crippen LogP contribution in [0.1, 0.15) is 17.9 Å². The van der Waals surface area contributed by atoms with Crippen LogP contribution in [-0.4, -0.2) is 50.7 Å². The number of nitro groups is 1. The predicted molar refractivity (Wildman–Crippen MR) is 79.1 cm³/mol. The summed E-state index contributed by atoms with van der Waals surface area (Å²) < 4.78 is 25.7. The highest BCUT2D eigenvalue weighted by Gasteiger charge is 2.45. The Bertz CT molecular complexity index is 703. The average Bonchev–Trinajstić information content (AvgIpc) is 2.71. The second-order valence-corrected chi connectivity index (χ2v) is 7.64. The number of sulfonamides is 1. The van der Waals surface area contributed by atoms with E-state index in [1.165, 1.54) is 22.7 Å². The van der Waals surface area contributed by atoms with Crippen LogP contribution in [0.25, 0.3) is 0 Å². The van der Waals surface area contributed by atoms with Crippen LogP contribution in [0, 0.1) is 10.1 Å². The minimum atomic E-state index is -3.39. The van der Waals surface area contributed by atoms with Gasteiger partial charge in [-0.1, -0.05) is 0 Å². The topological polar surface area (TPSA) is 83.8 Å². The van der Waals surface area contributed by atoms with Crippen LogP contribution in [0.15, 0.2) is 18.2 Å². The number of hydrogen-bond acceptors (Lipinski definition) is 5. The lowest BCUT2D eigenvalue weighted by Gasteiger charge is -2.36. The molecule has 1 saturated heterocycles. The molecule has 0 amide bonds. The highest BCUT2D eigenvalue weighted by atomic mass is 32.2. The number of likely N-dealkylation sites (N-methyl/N-ethyl adjacent to an activating group) is 1. The second kappa shape index (κ2) is 4.67. The molecule has 2 unspecified atom stereocenters. The summed E-state index contributed by atoms with van der Waals surface area (Å²) >= 11 is 0. The summed E-state index contributed by atoms with van der Waals surface area (Å²) in [7, 11) is -1.41. The molecule has 0 aliphatic carbocycles. The number of piperidine rings is 1. The number of likely N-dealkylation sites (tertiary alicyclic amines) is 1. The third kappa shape index (κ3) is 2.28. The first kappa shape index (κ1) is 14.3. The molecule has 0 N–H and O–H groups in total. The van der Waals surface area contributed by atoms with Gasteiger partial charge in [0.25, 0.3) is 5.69 Å². The van der Waals surface area contributed by atoms with Crippen molar-refractivity contribution in [1.29, 1.82) is 0 Å². The van der Waals surface area contributed by atoms with Gasteiger partial charge < -0.3 is 4.90 Å². The summed E-state index contributed by atoms with van der Waals surface area (Å²) in [5.41, 5.74) is 1.37. The molecule has 2 aliphatic heterocycles. The number of benzene rings is 1. The molecule has 0 radical (unpaired) electrons. The van der Waals surface area contributed by atoms with Crippen molar-refractivity contribution in [3.05, 3.63) is 33.9 Å². The predicted octanol–water partition coefficient (Wildman–Crippen LogP) is 1.16. The lowest BCUT2D eigenvalue weighted by molar-refractivity contribution is -0.384. The normalized spacial score (nSPS) is 25.5. The molecule has 0 aromatic heterocycles. The summed E-state index contributed by atoms with van der Waals surface area (Å²) in [6, 6.07) is 4.33. The van der Waals surface area contributed by atoms with E-state index >= 15 is 0 Å². The Morgan fingerprint density at radius 1 is 1.38 bits per heavy atom. The van der Waals surface area contributed by atoms with Gasteiger partial charge in [0.15, 0.2) is 0 Å². The van der Waals surface area contributed by atoms with E-state index in [1.807, 2.05) is 7.05 Å². The lowest BCUT2D eigenvalue weighted by atomic mass is 9.89. The summed E-state index contributed by atoms with van der Waals surface area (Å²) in [4.78, 5) is 12.7. The van der Waals surface area contributed by atoms with Crippen molar-refractivity contribution in [3.63, 3.8) is 0 Å². The van der Waals surface area contributed by atoms with Crippen molar-refractivity contribution in [2.45, 2.75) is 18.4 Å². The molecular weight excluding hydrogens is 294 g/mol. The molecular formula is C13H17N3O4S. The monoisotopic (exact) mass is 311 g/mol. The van der Waals surface area contributed by atoms with Gasteiger partial charge in [0.05, 0.1) is 22.9 Å². The van der Waals surface area contributed by atoms with E-state index in [-0.39, 0.29) is 17.6 Å². The van der Waals surface area contributed by atoms with Crippen LogP contribution in [0.4, 0.5) is 11.4 Å². The molecule has 7 nitrogen and oxygen atoms in total. The van der Waals surface area contributed by atoms with Crippen LogP contribution in [-0.2, 0) is 10.0 Å². The molecule has 0 bridgehead atoms. The van der Waals surface area contributed by atoms with Crippen molar-refractivity contribution in [2.24, 2.45) is 0 Å². The second-order valence-electron chi connectivity index (χ2n) is 5.78. The van der Waals surface area contributed by atoms with Crippen LogP contribution >= 0.6 is 0 Å². The number of rotatable bonds is 2. The van der Waals surface area contributed by atoms with Crippen molar-refractivity contribution < 1.29 is 13.3 Å². The summed E-state index contributed by atoms with van der Waals surface area (Å²) in [5.74, 6) is -0.00613. The first-order valence-electron chi connectivity index (χ1n) is 6.75. The van der Waals surface area contributed by atoms with Gasteiger partial charge >= 0.3 is 0 Å². The number of non-ortho nitro benzene ring substituents is 1. The molecule has 21 heavy (non-hydrogen) atoms. The molecule has 114 valence electrons. The third-order valence-corrected chi connectivity index (χ3v) is 5.48.